The first-order valence-electron chi connectivity index (χ1n) is 14.4. The number of allylic oxidation sites excluding steroid dienone is 2. The quantitative estimate of drug-likeness (QED) is 0.308. The van der Waals surface area contributed by atoms with E-state index >= 15 is 0 Å². The Morgan fingerprint density at radius 1 is 0.943 bits per heavy atom. The molecule has 0 aliphatic heterocycles. The summed E-state index contributed by atoms with van der Waals surface area (Å²) in [5.74, 6) is 1.61. The van der Waals surface area contributed by atoms with Crippen LogP contribution in [0.1, 0.15) is 113 Å². The van der Waals surface area contributed by atoms with E-state index in [9.17, 15) is 15.0 Å². The minimum absolute atomic E-state index is 0.0253. The average molecular weight is 487 g/mol. The van der Waals surface area contributed by atoms with Crippen molar-refractivity contribution < 1.29 is 19.7 Å². The zero-order valence-corrected chi connectivity index (χ0v) is 23.4. The standard InChI is InChI=1S/C31H50O4/c1-26(2)14-16-31(19-35-25(33)34)17-15-29(6)20(21(31)18-26)8-9-23-28(5)12-11-24(32)27(3,4)22(28)10-13-30(23,29)7/h8,21-24,32H,9-19H2,1-7H3,(H,33,34)/t21-,22?,23-,24?,28+,29-,30-,31-/m1/s1. The molecule has 5 rings (SSSR count). The van der Waals surface area contributed by atoms with Crippen LogP contribution in [-0.4, -0.2) is 29.1 Å². The second kappa shape index (κ2) is 7.74. The first-order chi connectivity index (χ1) is 16.1. The summed E-state index contributed by atoms with van der Waals surface area (Å²) in [4.78, 5) is 11.4. The Labute approximate surface area is 213 Å². The molecule has 4 fully saturated rings. The number of hydrogen-bond donors (Lipinski definition) is 2. The Morgan fingerprint density at radius 3 is 2.31 bits per heavy atom. The molecule has 35 heavy (non-hydrogen) atoms. The first kappa shape index (κ1) is 25.6. The molecule has 0 radical (unpaired) electrons. The van der Waals surface area contributed by atoms with Crippen molar-refractivity contribution in [2.75, 3.05) is 6.61 Å². The van der Waals surface area contributed by atoms with Crippen LogP contribution >= 0.6 is 0 Å². The normalized spacial score (nSPS) is 50.0. The second-order valence-corrected chi connectivity index (χ2v) is 15.5. The lowest BCUT2D eigenvalue weighted by Crippen LogP contribution is -2.64. The lowest BCUT2D eigenvalue weighted by molar-refractivity contribution is -0.204. The monoisotopic (exact) mass is 486 g/mol. The van der Waals surface area contributed by atoms with Crippen LogP contribution in [0.4, 0.5) is 4.79 Å². The molecular weight excluding hydrogens is 436 g/mol. The largest absolute Gasteiger partial charge is 0.505 e. The van der Waals surface area contributed by atoms with Gasteiger partial charge >= 0.3 is 6.16 Å². The molecule has 5 aliphatic rings. The summed E-state index contributed by atoms with van der Waals surface area (Å²) in [7, 11) is 0. The second-order valence-electron chi connectivity index (χ2n) is 15.5. The molecule has 0 amide bonds. The molecule has 0 spiro atoms. The minimum Gasteiger partial charge on any atom is -0.450 e. The van der Waals surface area contributed by atoms with Crippen molar-refractivity contribution in [3.05, 3.63) is 11.6 Å². The van der Waals surface area contributed by atoms with Gasteiger partial charge in [0.2, 0.25) is 0 Å². The molecule has 0 saturated heterocycles. The Morgan fingerprint density at radius 2 is 1.63 bits per heavy atom. The van der Waals surface area contributed by atoms with E-state index in [2.05, 4.69) is 54.5 Å². The van der Waals surface area contributed by atoms with Gasteiger partial charge < -0.3 is 14.9 Å². The molecule has 8 atom stereocenters. The van der Waals surface area contributed by atoms with E-state index in [0.29, 0.717) is 24.4 Å². The van der Waals surface area contributed by atoms with Gasteiger partial charge in [-0.3, -0.25) is 0 Å². The molecule has 0 heterocycles. The third-order valence-corrected chi connectivity index (χ3v) is 13.3. The van der Waals surface area contributed by atoms with Crippen molar-refractivity contribution in [2.24, 2.45) is 50.2 Å². The smallest absolute Gasteiger partial charge is 0.450 e. The molecule has 0 aromatic carbocycles. The molecule has 4 heteroatoms. The van der Waals surface area contributed by atoms with Gasteiger partial charge in [0, 0.05) is 5.41 Å². The third-order valence-electron chi connectivity index (χ3n) is 13.3. The fraction of sp³-hybridized carbons (Fsp3) is 0.903. The predicted molar refractivity (Wildman–Crippen MR) is 139 cm³/mol. The van der Waals surface area contributed by atoms with Crippen molar-refractivity contribution in [3.63, 3.8) is 0 Å². The molecule has 4 saturated carbocycles. The van der Waals surface area contributed by atoms with Crippen molar-refractivity contribution >= 4 is 6.16 Å². The number of aliphatic hydroxyl groups excluding tert-OH is 1. The van der Waals surface area contributed by atoms with Gasteiger partial charge in [0.1, 0.15) is 6.61 Å². The van der Waals surface area contributed by atoms with E-state index in [1.54, 1.807) is 5.57 Å². The Balaban J connectivity index is 1.56. The molecule has 198 valence electrons. The van der Waals surface area contributed by atoms with E-state index in [1.165, 1.54) is 12.8 Å². The summed E-state index contributed by atoms with van der Waals surface area (Å²) in [6.07, 6.45) is 12.5. The summed E-state index contributed by atoms with van der Waals surface area (Å²) >= 11 is 0. The van der Waals surface area contributed by atoms with Crippen molar-refractivity contribution in [1.82, 2.24) is 0 Å². The topological polar surface area (TPSA) is 66.8 Å². The third kappa shape index (κ3) is 3.43. The van der Waals surface area contributed by atoms with Crippen LogP contribution in [0.25, 0.3) is 0 Å². The van der Waals surface area contributed by atoms with Gasteiger partial charge in [0.15, 0.2) is 0 Å². The van der Waals surface area contributed by atoms with Gasteiger partial charge in [-0.25, -0.2) is 4.79 Å². The summed E-state index contributed by atoms with van der Waals surface area (Å²) in [5, 5.41) is 20.3. The summed E-state index contributed by atoms with van der Waals surface area (Å²) in [6.45, 7) is 17.5. The number of hydrogen-bond acceptors (Lipinski definition) is 3. The van der Waals surface area contributed by atoms with Crippen LogP contribution in [0.2, 0.25) is 0 Å². The summed E-state index contributed by atoms with van der Waals surface area (Å²) < 4.78 is 5.34. The van der Waals surface area contributed by atoms with E-state index in [4.69, 9.17) is 4.74 Å². The van der Waals surface area contributed by atoms with E-state index in [1.807, 2.05) is 0 Å². The van der Waals surface area contributed by atoms with E-state index in [0.717, 1.165) is 51.4 Å². The molecule has 2 N–H and O–H groups in total. The van der Waals surface area contributed by atoms with Crippen LogP contribution in [0, 0.1) is 50.2 Å². The Kier molecular flexibility index (Phi) is 5.67. The molecular formula is C31H50O4. The van der Waals surface area contributed by atoms with Crippen LogP contribution < -0.4 is 0 Å². The van der Waals surface area contributed by atoms with Crippen LogP contribution in [0.5, 0.6) is 0 Å². The van der Waals surface area contributed by atoms with Gasteiger partial charge in [-0.15, -0.1) is 0 Å². The molecule has 0 aromatic rings. The molecule has 4 nitrogen and oxygen atoms in total. The van der Waals surface area contributed by atoms with Gasteiger partial charge in [0.05, 0.1) is 6.10 Å². The fourth-order valence-electron chi connectivity index (χ4n) is 10.8. The highest BCUT2D eigenvalue weighted by Gasteiger charge is 2.68. The van der Waals surface area contributed by atoms with Crippen molar-refractivity contribution in [1.29, 1.82) is 0 Å². The predicted octanol–water partition coefficient (Wildman–Crippen LogP) is 7.84. The number of carbonyl (C=O) groups is 1. The SMILES string of the molecule is CC1(C)CC[C@]2(COC(=O)O)CC[C@]3(C)C(=CC[C@@H]4[C@@]5(C)CCC(O)C(C)(C)C5CC[C@]43C)[C@H]2C1. The Hall–Kier alpha value is -1.03. The number of rotatable bonds is 2. The number of fused-ring (bicyclic) bond motifs is 7. The van der Waals surface area contributed by atoms with Gasteiger partial charge in [-0.2, -0.15) is 0 Å². The zero-order chi connectivity index (χ0) is 25.7. The maximum atomic E-state index is 11.4. The van der Waals surface area contributed by atoms with Crippen LogP contribution in [0.3, 0.4) is 0 Å². The maximum absolute atomic E-state index is 11.4. The molecule has 5 aliphatic carbocycles. The van der Waals surface area contributed by atoms with Gasteiger partial charge in [-0.05, 0) is 109 Å². The van der Waals surface area contributed by atoms with Crippen LogP contribution in [-0.2, 0) is 4.74 Å². The maximum Gasteiger partial charge on any atom is 0.505 e. The lowest BCUT2D eigenvalue weighted by Gasteiger charge is -2.71. The van der Waals surface area contributed by atoms with E-state index < -0.39 is 6.16 Å². The highest BCUT2D eigenvalue weighted by Crippen LogP contribution is 2.75. The minimum atomic E-state index is -1.13. The molecule has 2 unspecified atom stereocenters. The highest BCUT2D eigenvalue weighted by atomic mass is 16.7. The first-order valence-corrected chi connectivity index (χ1v) is 14.4. The number of ether oxygens (including phenoxy) is 1. The van der Waals surface area contributed by atoms with Crippen molar-refractivity contribution in [3.8, 4) is 0 Å². The number of carboxylic acid groups (broad SMARTS) is 1. The highest BCUT2D eigenvalue weighted by molar-refractivity contribution is 5.56. The van der Waals surface area contributed by atoms with Gasteiger partial charge in [-0.1, -0.05) is 60.1 Å². The summed E-state index contributed by atoms with van der Waals surface area (Å²) in [5.41, 5.74) is 2.50. The Bertz CT molecular complexity index is 919. The lowest BCUT2D eigenvalue weighted by atomic mass is 9.33. The van der Waals surface area contributed by atoms with Crippen molar-refractivity contribution in [2.45, 2.75) is 119 Å². The van der Waals surface area contributed by atoms with Gasteiger partial charge in [0.25, 0.3) is 0 Å². The van der Waals surface area contributed by atoms with Crippen LogP contribution in [0.15, 0.2) is 11.6 Å². The van der Waals surface area contributed by atoms with E-state index in [-0.39, 0.29) is 38.6 Å². The summed E-state index contributed by atoms with van der Waals surface area (Å²) in [6, 6.07) is 0. The number of aliphatic hydroxyl groups is 1. The fourth-order valence-corrected chi connectivity index (χ4v) is 10.8. The molecule has 0 aromatic heterocycles. The molecule has 0 bridgehead atoms. The average Bonchev–Trinajstić information content (AvgIpc) is 2.76. The zero-order valence-electron chi connectivity index (χ0n) is 23.4.